The first kappa shape index (κ1) is 16.9. The molecule has 0 aromatic heterocycles. The summed E-state index contributed by atoms with van der Waals surface area (Å²) in [4.78, 5) is 0. The van der Waals surface area contributed by atoms with Crippen LogP contribution in [0.25, 0.3) is 0 Å². The zero-order chi connectivity index (χ0) is 15.3. The zero-order valence-corrected chi connectivity index (χ0v) is 11.7. The van der Waals surface area contributed by atoms with Gasteiger partial charge in [0.2, 0.25) is 0 Å². The molecule has 0 aliphatic carbocycles. The van der Waals surface area contributed by atoms with Gasteiger partial charge in [0, 0.05) is 6.61 Å². The SMILES string of the molecule is CCOC(CC)C(NC)c1ccc(F)c(C(F)(F)F)c1. The first-order chi connectivity index (χ1) is 9.35. The van der Waals surface area contributed by atoms with Gasteiger partial charge in [-0.25, -0.2) is 4.39 Å². The number of hydrogen-bond acceptors (Lipinski definition) is 2. The lowest BCUT2D eigenvalue weighted by molar-refractivity contribution is -0.140. The summed E-state index contributed by atoms with van der Waals surface area (Å²) in [6.45, 7) is 4.17. The molecule has 0 bridgehead atoms. The molecule has 114 valence electrons. The lowest BCUT2D eigenvalue weighted by atomic mass is 9.97. The number of likely N-dealkylation sites (N-methyl/N-ethyl adjacent to an activating group) is 1. The molecule has 0 fully saturated rings. The Hall–Kier alpha value is -1.14. The van der Waals surface area contributed by atoms with Crippen molar-refractivity contribution in [1.29, 1.82) is 0 Å². The van der Waals surface area contributed by atoms with Crippen molar-refractivity contribution < 1.29 is 22.3 Å². The standard InChI is InChI=1S/C14H19F4NO/c1-4-12(20-5-2)13(19-3)9-6-7-11(15)10(8-9)14(16,17)18/h6-8,12-13,19H,4-5H2,1-3H3. The summed E-state index contributed by atoms with van der Waals surface area (Å²) in [7, 11) is 1.64. The second-order valence-electron chi connectivity index (χ2n) is 4.41. The number of ether oxygens (including phenoxy) is 1. The average Bonchev–Trinajstić information content (AvgIpc) is 2.38. The Kier molecular flexibility index (Phi) is 5.95. The third kappa shape index (κ3) is 3.93. The normalized spacial score (nSPS) is 15.2. The summed E-state index contributed by atoms with van der Waals surface area (Å²) in [5.74, 6) is -1.26. The lowest BCUT2D eigenvalue weighted by Gasteiger charge is -2.26. The van der Waals surface area contributed by atoms with Crippen LogP contribution in [-0.2, 0) is 10.9 Å². The molecule has 20 heavy (non-hydrogen) atoms. The number of benzene rings is 1. The van der Waals surface area contributed by atoms with E-state index in [1.54, 1.807) is 7.05 Å². The predicted molar refractivity (Wildman–Crippen MR) is 68.9 cm³/mol. The van der Waals surface area contributed by atoms with E-state index in [1.165, 1.54) is 6.07 Å². The van der Waals surface area contributed by atoms with Gasteiger partial charge in [-0.1, -0.05) is 13.0 Å². The van der Waals surface area contributed by atoms with Crippen LogP contribution < -0.4 is 5.32 Å². The Balaban J connectivity index is 3.16. The molecule has 0 saturated heterocycles. The molecule has 6 heteroatoms. The van der Waals surface area contributed by atoms with Crippen molar-refractivity contribution in [3.8, 4) is 0 Å². The van der Waals surface area contributed by atoms with Crippen LogP contribution in [0.4, 0.5) is 17.6 Å². The molecular formula is C14H19F4NO. The van der Waals surface area contributed by atoms with Gasteiger partial charge >= 0.3 is 6.18 Å². The van der Waals surface area contributed by atoms with Crippen LogP contribution in [0.5, 0.6) is 0 Å². The largest absolute Gasteiger partial charge is 0.419 e. The quantitative estimate of drug-likeness (QED) is 0.803. The zero-order valence-electron chi connectivity index (χ0n) is 11.7. The summed E-state index contributed by atoms with van der Waals surface area (Å²) >= 11 is 0. The number of halogens is 4. The Bertz CT molecular complexity index is 434. The molecule has 1 aromatic carbocycles. The molecule has 0 amide bonds. The monoisotopic (exact) mass is 293 g/mol. The van der Waals surface area contributed by atoms with Crippen molar-refractivity contribution >= 4 is 0 Å². The number of alkyl halides is 3. The Morgan fingerprint density at radius 3 is 2.35 bits per heavy atom. The summed E-state index contributed by atoms with van der Waals surface area (Å²) in [6.07, 6.45) is -4.33. The highest BCUT2D eigenvalue weighted by Gasteiger charge is 2.35. The molecule has 0 aliphatic heterocycles. The molecule has 0 heterocycles. The molecule has 0 aliphatic rings. The van der Waals surface area contributed by atoms with Crippen molar-refractivity contribution in [2.24, 2.45) is 0 Å². The second-order valence-corrected chi connectivity index (χ2v) is 4.41. The predicted octanol–water partition coefficient (Wildman–Crippen LogP) is 3.92. The van der Waals surface area contributed by atoms with Gasteiger partial charge < -0.3 is 10.1 Å². The fourth-order valence-corrected chi connectivity index (χ4v) is 2.18. The number of nitrogens with one attached hydrogen (secondary N) is 1. The molecule has 1 aromatic rings. The van der Waals surface area contributed by atoms with E-state index in [-0.39, 0.29) is 6.10 Å². The molecule has 2 unspecified atom stereocenters. The number of hydrogen-bond donors (Lipinski definition) is 1. The van der Waals surface area contributed by atoms with E-state index in [0.717, 1.165) is 12.1 Å². The van der Waals surface area contributed by atoms with Gasteiger partial charge in [0.25, 0.3) is 0 Å². The molecule has 2 nitrogen and oxygen atoms in total. The Morgan fingerprint density at radius 2 is 1.90 bits per heavy atom. The number of rotatable bonds is 6. The van der Waals surface area contributed by atoms with Crippen molar-refractivity contribution in [2.45, 2.75) is 38.6 Å². The van der Waals surface area contributed by atoms with Crippen LogP contribution >= 0.6 is 0 Å². The van der Waals surface area contributed by atoms with E-state index in [1.807, 2.05) is 13.8 Å². The lowest BCUT2D eigenvalue weighted by Crippen LogP contribution is -2.31. The Labute approximate surface area is 116 Å². The third-order valence-corrected chi connectivity index (χ3v) is 3.12. The molecule has 1 rings (SSSR count). The van der Waals surface area contributed by atoms with E-state index < -0.39 is 23.6 Å². The van der Waals surface area contributed by atoms with Crippen LogP contribution in [0.2, 0.25) is 0 Å². The molecule has 1 N–H and O–H groups in total. The van der Waals surface area contributed by atoms with Gasteiger partial charge in [-0.05, 0) is 38.1 Å². The van der Waals surface area contributed by atoms with Crippen LogP contribution in [0.1, 0.15) is 37.4 Å². The van der Waals surface area contributed by atoms with Crippen molar-refractivity contribution in [2.75, 3.05) is 13.7 Å². The minimum absolute atomic E-state index is 0.267. The smallest absolute Gasteiger partial charge is 0.377 e. The van der Waals surface area contributed by atoms with E-state index in [0.29, 0.717) is 18.6 Å². The highest BCUT2D eigenvalue weighted by atomic mass is 19.4. The molecular weight excluding hydrogens is 274 g/mol. The van der Waals surface area contributed by atoms with Crippen LogP contribution in [0, 0.1) is 5.82 Å². The average molecular weight is 293 g/mol. The van der Waals surface area contributed by atoms with Crippen LogP contribution in [0.3, 0.4) is 0 Å². The van der Waals surface area contributed by atoms with E-state index in [2.05, 4.69) is 5.32 Å². The third-order valence-electron chi connectivity index (χ3n) is 3.12. The van der Waals surface area contributed by atoms with Gasteiger partial charge in [0.05, 0.1) is 17.7 Å². The van der Waals surface area contributed by atoms with Crippen molar-refractivity contribution in [3.63, 3.8) is 0 Å². The topological polar surface area (TPSA) is 21.3 Å². The summed E-state index contributed by atoms with van der Waals surface area (Å²) in [5.41, 5.74) is -0.886. The molecule has 0 saturated carbocycles. The Morgan fingerprint density at radius 1 is 1.25 bits per heavy atom. The van der Waals surface area contributed by atoms with Gasteiger partial charge in [0.15, 0.2) is 0 Å². The molecule has 0 radical (unpaired) electrons. The van der Waals surface area contributed by atoms with E-state index in [4.69, 9.17) is 4.74 Å². The second kappa shape index (κ2) is 7.04. The maximum absolute atomic E-state index is 13.3. The van der Waals surface area contributed by atoms with Crippen molar-refractivity contribution in [1.82, 2.24) is 5.32 Å². The van der Waals surface area contributed by atoms with Crippen LogP contribution in [0.15, 0.2) is 18.2 Å². The fourth-order valence-electron chi connectivity index (χ4n) is 2.18. The highest BCUT2D eigenvalue weighted by molar-refractivity contribution is 5.30. The van der Waals surface area contributed by atoms with E-state index in [9.17, 15) is 17.6 Å². The minimum Gasteiger partial charge on any atom is -0.377 e. The molecule has 0 spiro atoms. The first-order valence-electron chi connectivity index (χ1n) is 6.50. The maximum Gasteiger partial charge on any atom is 0.419 e. The van der Waals surface area contributed by atoms with Crippen LogP contribution in [-0.4, -0.2) is 19.8 Å². The van der Waals surface area contributed by atoms with Gasteiger partial charge in [0.1, 0.15) is 5.82 Å². The fraction of sp³-hybridized carbons (Fsp3) is 0.571. The summed E-state index contributed by atoms with van der Waals surface area (Å²) in [5, 5.41) is 2.94. The van der Waals surface area contributed by atoms with Gasteiger partial charge in [-0.2, -0.15) is 13.2 Å². The maximum atomic E-state index is 13.3. The summed E-state index contributed by atoms with van der Waals surface area (Å²) in [6, 6.07) is 2.63. The first-order valence-corrected chi connectivity index (χ1v) is 6.50. The van der Waals surface area contributed by atoms with Gasteiger partial charge in [-0.15, -0.1) is 0 Å². The van der Waals surface area contributed by atoms with Crippen molar-refractivity contribution in [3.05, 3.63) is 35.1 Å². The molecule has 2 atom stereocenters. The van der Waals surface area contributed by atoms with E-state index >= 15 is 0 Å². The van der Waals surface area contributed by atoms with Gasteiger partial charge in [-0.3, -0.25) is 0 Å². The summed E-state index contributed by atoms with van der Waals surface area (Å²) < 4.78 is 57.0. The minimum atomic E-state index is -4.70. The highest BCUT2D eigenvalue weighted by Crippen LogP contribution is 2.34.